The summed E-state index contributed by atoms with van der Waals surface area (Å²) in [7, 11) is 0. The van der Waals surface area contributed by atoms with Crippen molar-refractivity contribution >= 4 is 39.2 Å². The fraction of sp³-hybridized carbons (Fsp3) is 0.500. The van der Waals surface area contributed by atoms with Crippen LogP contribution in [0.1, 0.15) is 18.2 Å². The normalized spacial score (nSPS) is 19.2. The van der Waals surface area contributed by atoms with Gasteiger partial charge in [-0.2, -0.15) is 0 Å². The van der Waals surface area contributed by atoms with Crippen molar-refractivity contribution in [1.29, 1.82) is 0 Å². The summed E-state index contributed by atoms with van der Waals surface area (Å²) in [5.41, 5.74) is 0. The van der Waals surface area contributed by atoms with E-state index in [0.29, 0.717) is 5.92 Å². The second-order valence-electron chi connectivity index (χ2n) is 4.61. The number of carbonyl (C=O) groups excluding carboxylic acids is 1. The number of halogens is 1. The zero-order chi connectivity index (χ0) is 13.7. The minimum absolute atomic E-state index is 0.0823. The summed E-state index contributed by atoms with van der Waals surface area (Å²) < 4.78 is 6.41. The number of hydrogen-bond acceptors (Lipinski definition) is 3. The van der Waals surface area contributed by atoms with Crippen LogP contribution in [0.3, 0.4) is 0 Å². The summed E-state index contributed by atoms with van der Waals surface area (Å²) in [5, 5.41) is 2.01. The molecule has 5 heteroatoms. The monoisotopic (exact) mass is 343 g/mol. The Kier molecular flexibility index (Phi) is 5.60. The molecule has 1 aromatic rings. The van der Waals surface area contributed by atoms with Crippen LogP contribution in [0.2, 0.25) is 0 Å². The molecular formula is C14H18BrNO2S. The average molecular weight is 344 g/mol. The molecule has 0 bridgehead atoms. The second kappa shape index (κ2) is 7.22. The molecule has 104 valence electrons. The van der Waals surface area contributed by atoms with Crippen LogP contribution in [-0.4, -0.2) is 37.1 Å². The first kappa shape index (κ1) is 14.8. The molecule has 1 saturated heterocycles. The third-order valence-electron chi connectivity index (χ3n) is 3.17. The Labute approximate surface area is 126 Å². The van der Waals surface area contributed by atoms with Crippen molar-refractivity contribution in [3.05, 3.63) is 26.9 Å². The summed E-state index contributed by atoms with van der Waals surface area (Å²) in [4.78, 5) is 15.1. The average Bonchev–Trinajstić information content (AvgIpc) is 3.04. The number of carbonyl (C=O) groups is 1. The van der Waals surface area contributed by atoms with Crippen molar-refractivity contribution < 1.29 is 9.53 Å². The van der Waals surface area contributed by atoms with Crippen LogP contribution in [0.15, 0.2) is 22.0 Å². The lowest BCUT2D eigenvalue weighted by Gasteiger charge is -2.22. The molecule has 2 heterocycles. The van der Waals surface area contributed by atoms with E-state index in [1.165, 1.54) is 0 Å². The minimum atomic E-state index is 0.0823. The number of amides is 1. The molecule has 0 spiro atoms. The molecule has 1 fully saturated rings. The molecule has 1 aromatic heterocycles. The fourth-order valence-electron chi connectivity index (χ4n) is 2.09. The highest BCUT2D eigenvalue weighted by Gasteiger charge is 2.20. The van der Waals surface area contributed by atoms with Crippen molar-refractivity contribution in [3.63, 3.8) is 0 Å². The van der Waals surface area contributed by atoms with Crippen LogP contribution in [0, 0.1) is 5.92 Å². The Morgan fingerprint density at radius 1 is 1.68 bits per heavy atom. The Morgan fingerprint density at radius 3 is 3.11 bits per heavy atom. The molecule has 0 radical (unpaired) electrons. The second-order valence-corrected chi connectivity index (χ2v) is 6.47. The number of ether oxygens (including phenoxy) is 1. The first-order valence-electron chi connectivity index (χ1n) is 6.47. The third-order valence-corrected chi connectivity index (χ3v) is 4.83. The van der Waals surface area contributed by atoms with Crippen LogP contribution >= 0.6 is 27.3 Å². The topological polar surface area (TPSA) is 29.5 Å². The van der Waals surface area contributed by atoms with Gasteiger partial charge in [0, 0.05) is 46.4 Å². The lowest BCUT2D eigenvalue weighted by molar-refractivity contribution is -0.126. The fourth-order valence-corrected chi connectivity index (χ4v) is 3.43. The summed E-state index contributed by atoms with van der Waals surface area (Å²) in [6, 6.07) is 2.01. The van der Waals surface area contributed by atoms with E-state index in [1.54, 1.807) is 17.4 Å². The van der Waals surface area contributed by atoms with E-state index in [4.69, 9.17) is 4.74 Å². The lowest BCUT2D eigenvalue weighted by atomic mass is 10.1. The molecule has 0 N–H and O–H groups in total. The lowest BCUT2D eigenvalue weighted by Crippen LogP contribution is -2.34. The maximum Gasteiger partial charge on any atom is 0.246 e. The van der Waals surface area contributed by atoms with Gasteiger partial charge in [-0.15, -0.1) is 11.3 Å². The summed E-state index contributed by atoms with van der Waals surface area (Å²) >= 11 is 5.03. The molecule has 1 aliphatic rings. The highest BCUT2D eigenvalue weighted by Crippen LogP contribution is 2.21. The molecule has 0 unspecified atom stereocenters. The van der Waals surface area contributed by atoms with Crippen molar-refractivity contribution in [1.82, 2.24) is 4.90 Å². The van der Waals surface area contributed by atoms with Crippen molar-refractivity contribution in [3.8, 4) is 0 Å². The van der Waals surface area contributed by atoms with Crippen LogP contribution in [0.5, 0.6) is 0 Å². The van der Waals surface area contributed by atoms with Crippen molar-refractivity contribution in [2.24, 2.45) is 5.92 Å². The van der Waals surface area contributed by atoms with Gasteiger partial charge in [0.25, 0.3) is 0 Å². The number of thiophene rings is 1. The molecule has 0 saturated carbocycles. The molecule has 0 aliphatic carbocycles. The van der Waals surface area contributed by atoms with Gasteiger partial charge in [0.15, 0.2) is 0 Å². The summed E-state index contributed by atoms with van der Waals surface area (Å²) in [6.07, 6.45) is 4.61. The van der Waals surface area contributed by atoms with Gasteiger partial charge in [-0.1, -0.05) is 0 Å². The largest absolute Gasteiger partial charge is 0.381 e. The Hall–Kier alpha value is -0.650. The number of likely N-dealkylation sites (N-methyl/N-ethyl adjacent to an activating group) is 1. The Bertz CT molecular complexity index is 452. The zero-order valence-electron chi connectivity index (χ0n) is 11.0. The Morgan fingerprint density at radius 2 is 2.53 bits per heavy atom. The molecular weight excluding hydrogens is 326 g/mol. The number of hydrogen-bond donors (Lipinski definition) is 0. The van der Waals surface area contributed by atoms with Crippen LogP contribution in [0.25, 0.3) is 6.08 Å². The van der Waals surface area contributed by atoms with E-state index in [9.17, 15) is 4.79 Å². The van der Waals surface area contributed by atoms with Gasteiger partial charge < -0.3 is 9.64 Å². The summed E-state index contributed by atoms with van der Waals surface area (Å²) in [5.74, 6) is 0.576. The SMILES string of the molecule is CCN(C[C@@H]1CCOC1)C(=O)/C=C\c1cc(Br)cs1. The summed E-state index contributed by atoms with van der Waals surface area (Å²) in [6.45, 7) is 5.17. The van der Waals surface area contributed by atoms with Crippen molar-refractivity contribution in [2.75, 3.05) is 26.3 Å². The van der Waals surface area contributed by atoms with Gasteiger partial charge in [-0.05, 0) is 41.4 Å². The number of nitrogens with zero attached hydrogens (tertiary/aromatic N) is 1. The molecule has 1 atom stereocenters. The van der Waals surface area contributed by atoms with E-state index in [1.807, 2.05) is 29.3 Å². The first-order valence-corrected chi connectivity index (χ1v) is 8.15. The molecule has 1 aliphatic heterocycles. The standard InChI is InChI=1S/C14H18BrNO2S/c1-2-16(8-11-5-6-18-9-11)14(17)4-3-13-7-12(15)10-19-13/h3-4,7,10-11H,2,5-6,8-9H2,1H3/b4-3-/t11-/m0/s1. The predicted molar refractivity (Wildman–Crippen MR) is 82.2 cm³/mol. The highest BCUT2D eigenvalue weighted by molar-refractivity contribution is 9.10. The first-order chi connectivity index (χ1) is 9.19. The van der Waals surface area contributed by atoms with Crippen LogP contribution < -0.4 is 0 Å². The van der Waals surface area contributed by atoms with E-state index in [2.05, 4.69) is 15.9 Å². The number of rotatable bonds is 5. The minimum Gasteiger partial charge on any atom is -0.381 e. The third kappa shape index (κ3) is 4.44. The van der Waals surface area contributed by atoms with E-state index >= 15 is 0 Å². The van der Waals surface area contributed by atoms with E-state index in [0.717, 1.165) is 42.1 Å². The molecule has 1 amide bonds. The zero-order valence-corrected chi connectivity index (χ0v) is 13.4. The van der Waals surface area contributed by atoms with Crippen LogP contribution in [0.4, 0.5) is 0 Å². The van der Waals surface area contributed by atoms with Gasteiger partial charge >= 0.3 is 0 Å². The quantitative estimate of drug-likeness (QED) is 0.766. The van der Waals surface area contributed by atoms with E-state index in [-0.39, 0.29) is 5.91 Å². The molecule has 2 rings (SSSR count). The predicted octanol–water partition coefficient (Wildman–Crippen LogP) is 3.41. The molecule has 3 nitrogen and oxygen atoms in total. The van der Waals surface area contributed by atoms with Gasteiger partial charge in [-0.3, -0.25) is 4.79 Å². The molecule has 19 heavy (non-hydrogen) atoms. The molecule has 0 aromatic carbocycles. The van der Waals surface area contributed by atoms with E-state index < -0.39 is 0 Å². The van der Waals surface area contributed by atoms with Gasteiger partial charge in [0.1, 0.15) is 0 Å². The van der Waals surface area contributed by atoms with Crippen LogP contribution in [-0.2, 0) is 9.53 Å². The van der Waals surface area contributed by atoms with Gasteiger partial charge in [0.05, 0.1) is 6.61 Å². The van der Waals surface area contributed by atoms with Gasteiger partial charge in [-0.25, -0.2) is 0 Å². The highest BCUT2D eigenvalue weighted by atomic mass is 79.9. The Balaban J connectivity index is 1.90. The maximum absolute atomic E-state index is 12.1. The van der Waals surface area contributed by atoms with Crippen molar-refractivity contribution in [2.45, 2.75) is 13.3 Å². The van der Waals surface area contributed by atoms with Gasteiger partial charge in [0.2, 0.25) is 5.91 Å². The smallest absolute Gasteiger partial charge is 0.246 e. The maximum atomic E-state index is 12.1.